The SMILES string of the molecule is CC1CN(Cc2cccc(C(=O)O)c2)CC(c2ccccc2)O1. The van der Waals surface area contributed by atoms with Crippen molar-refractivity contribution in [2.24, 2.45) is 0 Å². The molecule has 0 radical (unpaired) electrons. The zero-order chi connectivity index (χ0) is 16.2. The molecule has 0 aliphatic carbocycles. The number of hydrogen-bond acceptors (Lipinski definition) is 3. The second kappa shape index (κ2) is 6.94. The van der Waals surface area contributed by atoms with Gasteiger partial charge in [-0.1, -0.05) is 42.5 Å². The van der Waals surface area contributed by atoms with Crippen LogP contribution in [0.25, 0.3) is 0 Å². The van der Waals surface area contributed by atoms with E-state index in [1.54, 1.807) is 18.2 Å². The van der Waals surface area contributed by atoms with Gasteiger partial charge in [0.2, 0.25) is 0 Å². The molecule has 1 saturated heterocycles. The fraction of sp³-hybridized carbons (Fsp3) is 0.316. The van der Waals surface area contributed by atoms with Crippen LogP contribution in [0, 0.1) is 0 Å². The van der Waals surface area contributed by atoms with Crippen LogP contribution in [0.2, 0.25) is 0 Å². The summed E-state index contributed by atoms with van der Waals surface area (Å²) in [4.78, 5) is 13.4. The Morgan fingerprint density at radius 2 is 1.96 bits per heavy atom. The minimum Gasteiger partial charge on any atom is -0.478 e. The van der Waals surface area contributed by atoms with E-state index in [2.05, 4.69) is 24.0 Å². The summed E-state index contributed by atoms with van der Waals surface area (Å²) in [6.07, 6.45) is 0.208. The van der Waals surface area contributed by atoms with E-state index in [1.165, 1.54) is 5.56 Å². The smallest absolute Gasteiger partial charge is 0.335 e. The van der Waals surface area contributed by atoms with Crippen LogP contribution in [0.15, 0.2) is 54.6 Å². The summed E-state index contributed by atoms with van der Waals surface area (Å²) in [7, 11) is 0. The van der Waals surface area contributed by atoms with Gasteiger partial charge in [-0.3, -0.25) is 4.90 Å². The number of rotatable bonds is 4. The van der Waals surface area contributed by atoms with Crippen molar-refractivity contribution < 1.29 is 14.6 Å². The molecular weight excluding hydrogens is 290 g/mol. The molecule has 1 N–H and O–H groups in total. The van der Waals surface area contributed by atoms with Gasteiger partial charge in [-0.15, -0.1) is 0 Å². The zero-order valence-electron chi connectivity index (χ0n) is 13.2. The van der Waals surface area contributed by atoms with Gasteiger partial charge >= 0.3 is 5.97 Å². The second-order valence-corrected chi connectivity index (χ2v) is 6.05. The molecule has 0 amide bonds. The van der Waals surface area contributed by atoms with E-state index in [-0.39, 0.29) is 12.2 Å². The third kappa shape index (κ3) is 3.97. The fourth-order valence-electron chi connectivity index (χ4n) is 3.08. The zero-order valence-corrected chi connectivity index (χ0v) is 13.2. The van der Waals surface area contributed by atoms with Gasteiger partial charge in [0.15, 0.2) is 0 Å². The quantitative estimate of drug-likeness (QED) is 0.941. The van der Waals surface area contributed by atoms with Crippen LogP contribution in [0.1, 0.15) is 34.5 Å². The first-order valence-corrected chi connectivity index (χ1v) is 7.87. The van der Waals surface area contributed by atoms with Crippen molar-refractivity contribution in [1.29, 1.82) is 0 Å². The van der Waals surface area contributed by atoms with Gasteiger partial charge in [-0.2, -0.15) is 0 Å². The molecule has 2 unspecified atom stereocenters. The van der Waals surface area contributed by atoms with Crippen molar-refractivity contribution >= 4 is 5.97 Å². The van der Waals surface area contributed by atoms with Crippen LogP contribution in [0.3, 0.4) is 0 Å². The fourth-order valence-corrected chi connectivity index (χ4v) is 3.08. The van der Waals surface area contributed by atoms with Gasteiger partial charge in [0.05, 0.1) is 17.8 Å². The summed E-state index contributed by atoms with van der Waals surface area (Å²) in [6.45, 7) is 4.47. The normalized spacial score (nSPS) is 22.0. The van der Waals surface area contributed by atoms with Crippen LogP contribution < -0.4 is 0 Å². The average Bonchev–Trinajstić information content (AvgIpc) is 2.55. The molecule has 1 heterocycles. The first-order chi connectivity index (χ1) is 11.1. The number of morpholine rings is 1. The lowest BCUT2D eigenvalue weighted by atomic mass is 10.1. The summed E-state index contributed by atoms with van der Waals surface area (Å²) in [5.41, 5.74) is 2.54. The highest BCUT2D eigenvalue weighted by Crippen LogP contribution is 2.26. The molecule has 4 heteroatoms. The molecule has 0 bridgehead atoms. The Labute approximate surface area is 136 Å². The molecule has 2 atom stereocenters. The van der Waals surface area contributed by atoms with E-state index in [0.717, 1.165) is 25.2 Å². The molecule has 2 aromatic rings. The summed E-state index contributed by atoms with van der Waals surface area (Å²) in [5.74, 6) is -0.885. The molecule has 1 aliphatic rings. The Morgan fingerprint density at radius 3 is 2.70 bits per heavy atom. The molecule has 2 aromatic carbocycles. The number of benzene rings is 2. The van der Waals surface area contributed by atoms with E-state index >= 15 is 0 Å². The third-order valence-corrected chi connectivity index (χ3v) is 4.09. The Morgan fingerprint density at radius 1 is 1.17 bits per heavy atom. The molecule has 4 nitrogen and oxygen atoms in total. The lowest BCUT2D eigenvalue weighted by Crippen LogP contribution is -2.42. The summed E-state index contributed by atoms with van der Waals surface area (Å²) >= 11 is 0. The highest BCUT2D eigenvalue weighted by Gasteiger charge is 2.26. The third-order valence-electron chi connectivity index (χ3n) is 4.09. The Hall–Kier alpha value is -2.17. The van der Waals surface area contributed by atoms with Gasteiger partial charge in [0.25, 0.3) is 0 Å². The number of aromatic carboxylic acids is 1. The maximum absolute atomic E-state index is 11.1. The molecule has 3 rings (SSSR count). The summed E-state index contributed by atoms with van der Waals surface area (Å²) in [5, 5.41) is 9.11. The summed E-state index contributed by atoms with van der Waals surface area (Å²) < 4.78 is 6.07. The highest BCUT2D eigenvalue weighted by molar-refractivity contribution is 5.87. The largest absolute Gasteiger partial charge is 0.478 e. The standard InChI is InChI=1S/C19H21NO3/c1-14-11-20(12-15-6-5-9-17(10-15)19(21)22)13-18(23-14)16-7-3-2-4-8-16/h2-10,14,18H,11-13H2,1H3,(H,21,22). The van der Waals surface area contributed by atoms with E-state index in [4.69, 9.17) is 9.84 Å². The number of ether oxygens (including phenoxy) is 1. The Bertz CT molecular complexity index is 671. The van der Waals surface area contributed by atoms with Crippen molar-refractivity contribution in [3.05, 3.63) is 71.3 Å². The van der Waals surface area contributed by atoms with Crippen LogP contribution >= 0.6 is 0 Å². The topological polar surface area (TPSA) is 49.8 Å². The number of nitrogens with zero attached hydrogens (tertiary/aromatic N) is 1. The minimum atomic E-state index is -0.885. The van der Waals surface area contributed by atoms with E-state index in [9.17, 15) is 4.79 Å². The minimum absolute atomic E-state index is 0.0580. The summed E-state index contributed by atoms with van der Waals surface area (Å²) in [6, 6.07) is 17.4. The molecule has 0 spiro atoms. The maximum atomic E-state index is 11.1. The number of carboxylic acid groups (broad SMARTS) is 1. The van der Waals surface area contributed by atoms with Crippen molar-refractivity contribution in [3.8, 4) is 0 Å². The van der Waals surface area contributed by atoms with Crippen LogP contribution in [0.4, 0.5) is 0 Å². The lowest BCUT2D eigenvalue weighted by molar-refractivity contribution is -0.0814. The number of carboxylic acids is 1. The van der Waals surface area contributed by atoms with Crippen LogP contribution in [-0.4, -0.2) is 35.2 Å². The van der Waals surface area contributed by atoms with Gasteiger partial charge < -0.3 is 9.84 Å². The van der Waals surface area contributed by atoms with E-state index in [1.807, 2.05) is 24.3 Å². The van der Waals surface area contributed by atoms with E-state index in [0.29, 0.717) is 5.56 Å². The van der Waals surface area contributed by atoms with Gasteiger partial charge in [0.1, 0.15) is 0 Å². The predicted octanol–water partition coefficient (Wildman–Crippen LogP) is 3.35. The van der Waals surface area contributed by atoms with Crippen LogP contribution in [-0.2, 0) is 11.3 Å². The van der Waals surface area contributed by atoms with Crippen molar-refractivity contribution in [1.82, 2.24) is 4.90 Å². The van der Waals surface area contributed by atoms with Crippen molar-refractivity contribution in [2.75, 3.05) is 13.1 Å². The monoisotopic (exact) mass is 311 g/mol. The average molecular weight is 311 g/mol. The molecule has 23 heavy (non-hydrogen) atoms. The van der Waals surface area contributed by atoms with Gasteiger partial charge in [-0.05, 0) is 30.2 Å². The highest BCUT2D eigenvalue weighted by atomic mass is 16.5. The first-order valence-electron chi connectivity index (χ1n) is 7.87. The molecular formula is C19H21NO3. The van der Waals surface area contributed by atoms with Crippen molar-refractivity contribution in [3.63, 3.8) is 0 Å². The van der Waals surface area contributed by atoms with Gasteiger partial charge in [0, 0.05) is 19.6 Å². The predicted molar refractivity (Wildman–Crippen MR) is 88.4 cm³/mol. The van der Waals surface area contributed by atoms with Crippen molar-refractivity contribution in [2.45, 2.75) is 25.7 Å². The molecule has 120 valence electrons. The number of carbonyl (C=O) groups is 1. The molecule has 0 aromatic heterocycles. The van der Waals surface area contributed by atoms with E-state index < -0.39 is 5.97 Å². The number of hydrogen-bond donors (Lipinski definition) is 1. The second-order valence-electron chi connectivity index (χ2n) is 6.05. The lowest BCUT2D eigenvalue weighted by Gasteiger charge is -2.37. The Balaban J connectivity index is 1.72. The van der Waals surface area contributed by atoms with Gasteiger partial charge in [-0.25, -0.2) is 4.79 Å². The molecule has 1 fully saturated rings. The maximum Gasteiger partial charge on any atom is 0.335 e. The first kappa shape index (κ1) is 15.7. The molecule has 1 aliphatic heterocycles. The molecule has 0 saturated carbocycles. The van der Waals surface area contributed by atoms with Crippen LogP contribution in [0.5, 0.6) is 0 Å². The Kier molecular flexibility index (Phi) is 4.74.